The number of rotatable bonds is 4. The van der Waals surface area contributed by atoms with Gasteiger partial charge in [-0.2, -0.15) is 0 Å². The summed E-state index contributed by atoms with van der Waals surface area (Å²) in [6.07, 6.45) is 8.42. The molecular formula is C18H29N5O2S. The van der Waals surface area contributed by atoms with Crippen LogP contribution in [0.2, 0.25) is 0 Å². The molecule has 3 aliphatic heterocycles. The molecule has 3 heterocycles. The number of hydrogen-bond acceptors (Lipinski definition) is 7. The third-order valence-corrected chi connectivity index (χ3v) is 6.79. The third-order valence-electron chi connectivity index (χ3n) is 5.52. The van der Waals surface area contributed by atoms with Crippen LogP contribution in [0.4, 0.5) is 0 Å². The largest absolute Gasteiger partial charge is 0.616 e. The number of hydrogen-bond donors (Lipinski definition) is 3. The summed E-state index contributed by atoms with van der Waals surface area (Å²) >= 11 is -0.670. The van der Waals surface area contributed by atoms with Gasteiger partial charge in [0.05, 0.1) is 43.4 Å². The molecule has 26 heavy (non-hydrogen) atoms. The van der Waals surface area contributed by atoms with E-state index in [0.29, 0.717) is 12.0 Å². The molecule has 0 unspecified atom stereocenters. The van der Waals surface area contributed by atoms with Gasteiger partial charge in [0.2, 0.25) is 0 Å². The predicted octanol–water partition coefficient (Wildman–Crippen LogP) is 0.456. The van der Waals surface area contributed by atoms with Gasteiger partial charge in [-0.3, -0.25) is 10.9 Å². The lowest BCUT2D eigenvalue weighted by Crippen LogP contribution is -2.50. The van der Waals surface area contributed by atoms with Gasteiger partial charge in [0.15, 0.2) is 0 Å². The number of nitrogens with one attached hydrogen (secondary N) is 3. The van der Waals surface area contributed by atoms with Crippen molar-refractivity contribution in [1.82, 2.24) is 21.1 Å². The maximum absolute atomic E-state index is 11.6. The molecule has 2 saturated heterocycles. The molecular weight excluding hydrogens is 350 g/mol. The molecule has 1 aliphatic carbocycles. The highest BCUT2D eigenvalue weighted by Gasteiger charge is 2.42. The van der Waals surface area contributed by atoms with E-state index in [1.807, 2.05) is 6.34 Å². The van der Waals surface area contributed by atoms with Crippen LogP contribution in [0.25, 0.3) is 0 Å². The number of aliphatic imine (C=N–C) groups is 1. The molecule has 0 aromatic rings. The van der Waals surface area contributed by atoms with Crippen LogP contribution in [0, 0.1) is 5.92 Å². The maximum Gasteiger partial charge on any atom is 0.128 e. The summed E-state index contributed by atoms with van der Waals surface area (Å²) in [7, 11) is 0. The number of hydrazine groups is 1. The van der Waals surface area contributed by atoms with Gasteiger partial charge >= 0.3 is 0 Å². The SMILES string of the molecule is CC(C)OC1=CC[C@H]2NN[C@@H]([C@H]3C=C(N4CC[S+]([O-])CC4)N=CN3)[C@H]2C1. The second-order valence-electron chi connectivity index (χ2n) is 7.67. The van der Waals surface area contributed by atoms with Crippen molar-refractivity contribution in [2.75, 3.05) is 24.6 Å². The molecule has 0 aromatic heterocycles. The average Bonchev–Trinajstić information content (AvgIpc) is 3.05. The Labute approximate surface area is 158 Å². The Bertz CT molecular complexity index is 600. The number of allylic oxidation sites excluding steroid dienone is 1. The zero-order valence-electron chi connectivity index (χ0n) is 15.5. The van der Waals surface area contributed by atoms with Crippen LogP contribution in [0.1, 0.15) is 26.7 Å². The van der Waals surface area contributed by atoms with E-state index < -0.39 is 11.2 Å². The highest BCUT2D eigenvalue weighted by atomic mass is 32.2. The van der Waals surface area contributed by atoms with Gasteiger partial charge in [0.1, 0.15) is 17.3 Å². The molecule has 7 nitrogen and oxygen atoms in total. The molecule has 0 radical (unpaired) electrons. The van der Waals surface area contributed by atoms with Crippen molar-refractivity contribution in [3.8, 4) is 0 Å². The zero-order valence-corrected chi connectivity index (χ0v) is 16.3. The predicted molar refractivity (Wildman–Crippen MR) is 104 cm³/mol. The molecule has 0 spiro atoms. The highest BCUT2D eigenvalue weighted by molar-refractivity contribution is 7.91. The van der Waals surface area contributed by atoms with Gasteiger partial charge in [-0.15, -0.1) is 0 Å². The fourth-order valence-electron chi connectivity index (χ4n) is 4.20. The third kappa shape index (κ3) is 3.88. The van der Waals surface area contributed by atoms with Gasteiger partial charge in [0, 0.05) is 18.4 Å². The fourth-order valence-corrected chi connectivity index (χ4v) is 5.25. The molecule has 144 valence electrons. The van der Waals surface area contributed by atoms with E-state index in [4.69, 9.17) is 4.74 Å². The summed E-state index contributed by atoms with van der Waals surface area (Å²) in [6.45, 7) is 5.80. The molecule has 0 amide bonds. The Morgan fingerprint density at radius 2 is 2.12 bits per heavy atom. The summed E-state index contributed by atoms with van der Waals surface area (Å²) in [4.78, 5) is 6.78. The first-order valence-electron chi connectivity index (χ1n) is 9.57. The topological polar surface area (TPSA) is 84.0 Å². The van der Waals surface area contributed by atoms with Gasteiger partial charge in [0.25, 0.3) is 0 Å². The average molecular weight is 380 g/mol. The highest BCUT2D eigenvalue weighted by Crippen LogP contribution is 2.33. The Hall–Kier alpha value is -1.22. The Kier molecular flexibility index (Phi) is 5.45. The minimum Gasteiger partial charge on any atom is -0.616 e. The Balaban J connectivity index is 1.44. The zero-order chi connectivity index (χ0) is 18.1. The van der Waals surface area contributed by atoms with Crippen molar-refractivity contribution in [3.63, 3.8) is 0 Å². The van der Waals surface area contributed by atoms with Crippen LogP contribution in [0.3, 0.4) is 0 Å². The first kappa shape index (κ1) is 18.2. The minimum absolute atomic E-state index is 0.177. The summed E-state index contributed by atoms with van der Waals surface area (Å²) < 4.78 is 17.6. The van der Waals surface area contributed by atoms with Crippen LogP contribution in [0.15, 0.2) is 28.7 Å². The molecule has 2 fully saturated rings. The number of ether oxygens (including phenoxy) is 1. The second-order valence-corrected chi connectivity index (χ2v) is 9.37. The summed E-state index contributed by atoms with van der Waals surface area (Å²) in [5, 5.41) is 3.41. The van der Waals surface area contributed by atoms with E-state index in [-0.39, 0.29) is 18.2 Å². The van der Waals surface area contributed by atoms with Gasteiger partial charge in [-0.25, -0.2) is 4.99 Å². The smallest absolute Gasteiger partial charge is 0.128 e. The lowest BCUT2D eigenvalue weighted by molar-refractivity contribution is 0.121. The quantitative estimate of drug-likeness (QED) is 0.616. The van der Waals surface area contributed by atoms with Crippen LogP contribution in [-0.2, 0) is 15.9 Å². The van der Waals surface area contributed by atoms with E-state index in [2.05, 4.69) is 52.1 Å². The van der Waals surface area contributed by atoms with Gasteiger partial charge < -0.3 is 19.5 Å². The van der Waals surface area contributed by atoms with Crippen molar-refractivity contribution in [2.24, 2.45) is 10.9 Å². The molecule has 3 N–H and O–H groups in total. The summed E-state index contributed by atoms with van der Waals surface area (Å²) in [6, 6.07) is 0.894. The lowest BCUT2D eigenvalue weighted by Gasteiger charge is -2.35. The van der Waals surface area contributed by atoms with Crippen molar-refractivity contribution in [3.05, 3.63) is 23.7 Å². The standard InChI is InChI=1S/C18H29N5O2S/c1-12(2)25-13-3-4-15-14(9-13)18(22-21-15)16-10-17(20-11-19-16)23-5-7-26(24)8-6-23/h3,10-12,14-16,18,21-22H,4-9H2,1-2H3,(H,19,20)/t14-,15+,16+,18+/m0/s1. The van der Waals surface area contributed by atoms with Crippen molar-refractivity contribution < 1.29 is 9.29 Å². The van der Waals surface area contributed by atoms with E-state index in [9.17, 15) is 4.55 Å². The van der Waals surface area contributed by atoms with Crippen LogP contribution in [-0.4, -0.2) is 64.6 Å². The van der Waals surface area contributed by atoms with Crippen molar-refractivity contribution >= 4 is 17.5 Å². The first-order chi connectivity index (χ1) is 12.6. The van der Waals surface area contributed by atoms with Gasteiger partial charge in [-0.05, 0) is 32.4 Å². The Morgan fingerprint density at radius 3 is 2.88 bits per heavy atom. The van der Waals surface area contributed by atoms with E-state index in [1.165, 1.54) is 0 Å². The molecule has 4 aliphatic rings. The van der Waals surface area contributed by atoms with E-state index in [0.717, 1.165) is 49.0 Å². The maximum atomic E-state index is 11.6. The molecule has 0 saturated carbocycles. The van der Waals surface area contributed by atoms with Gasteiger partial charge in [-0.1, -0.05) is 11.2 Å². The monoisotopic (exact) mass is 379 g/mol. The number of nitrogens with zero attached hydrogens (tertiary/aromatic N) is 2. The van der Waals surface area contributed by atoms with E-state index >= 15 is 0 Å². The Morgan fingerprint density at radius 1 is 1.31 bits per heavy atom. The molecule has 0 aromatic carbocycles. The van der Waals surface area contributed by atoms with E-state index in [1.54, 1.807) is 0 Å². The van der Waals surface area contributed by atoms with Crippen molar-refractivity contribution in [1.29, 1.82) is 0 Å². The summed E-state index contributed by atoms with van der Waals surface area (Å²) in [5.41, 5.74) is 6.96. The lowest BCUT2D eigenvalue weighted by atomic mass is 9.81. The van der Waals surface area contributed by atoms with Crippen LogP contribution < -0.4 is 16.2 Å². The molecule has 0 bridgehead atoms. The van der Waals surface area contributed by atoms with Crippen molar-refractivity contribution in [2.45, 2.75) is 50.9 Å². The van der Waals surface area contributed by atoms with Crippen LogP contribution in [0.5, 0.6) is 0 Å². The van der Waals surface area contributed by atoms with Crippen LogP contribution >= 0.6 is 0 Å². The summed E-state index contributed by atoms with van der Waals surface area (Å²) in [5.74, 6) is 4.06. The number of fused-ring (bicyclic) bond motifs is 1. The minimum atomic E-state index is -0.670. The molecule has 4 atom stereocenters. The normalized spacial score (nSPS) is 35.0. The second kappa shape index (κ2) is 7.80. The first-order valence-corrected chi connectivity index (χ1v) is 11.1. The molecule has 8 heteroatoms. The molecule has 4 rings (SSSR count). The fraction of sp³-hybridized carbons (Fsp3) is 0.722.